The van der Waals surface area contributed by atoms with Gasteiger partial charge in [-0.15, -0.1) is 0 Å². The molecule has 2 spiro atoms. The van der Waals surface area contributed by atoms with E-state index in [2.05, 4.69) is 10.1 Å². The minimum absolute atomic E-state index is 0.0521. The number of alkyl halides is 3. The molecule has 1 aromatic carbocycles. The molecule has 7 rings (SSSR count). The Morgan fingerprint density at radius 2 is 1.70 bits per heavy atom. The Morgan fingerprint density at radius 1 is 1.02 bits per heavy atom. The molecule has 3 aliphatic carbocycles. The lowest BCUT2D eigenvalue weighted by Crippen LogP contribution is -2.69. The summed E-state index contributed by atoms with van der Waals surface area (Å²) in [6.07, 6.45) is 8.33. The van der Waals surface area contributed by atoms with Crippen LogP contribution in [0.1, 0.15) is 62.4 Å². The molecule has 0 radical (unpaired) electrons. The van der Waals surface area contributed by atoms with Crippen molar-refractivity contribution in [2.24, 2.45) is 16.7 Å². The molecule has 5 aliphatic rings. The molecule has 216 valence electrons. The predicted octanol–water partition coefficient (Wildman–Crippen LogP) is 3.65. The third-order valence-electron chi connectivity index (χ3n) is 9.85. The monoisotopic (exact) mass is 579 g/mol. The average molecular weight is 580 g/mol. The third kappa shape index (κ3) is 4.22. The van der Waals surface area contributed by atoms with Crippen molar-refractivity contribution in [3.63, 3.8) is 0 Å². The smallest absolute Gasteiger partial charge is 0.382 e. The van der Waals surface area contributed by atoms with Gasteiger partial charge in [0.15, 0.2) is 5.82 Å². The summed E-state index contributed by atoms with van der Waals surface area (Å²) in [5, 5.41) is 14.7. The summed E-state index contributed by atoms with van der Waals surface area (Å²) in [5.41, 5.74) is -5.35. The van der Waals surface area contributed by atoms with Crippen LogP contribution in [0.4, 0.5) is 18.0 Å². The van der Waals surface area contributed by atoms with Crippen LogP contribution in [-0.2, 0) is 21.9 Å². The molecular weight excluding hydrogens is 547 g/mol. The van der Waals surface area contributed by atoms with E-state index in [1.54, 1.807) is 12.4 Å². The van der Waals surface area contributed by atoms with Crippen LogP contribution in [0.25, 0.3) is 0 Å². The van der Waals surface area contributed by atoms with Gasteiger partial charge in [0.05, 0.1) is 10.9 Å². The number of likely N-dealkylation sites (tertiary alicyclic amines) is 2. The molecule has 3 heterocycles. The molecule has 40 heavy (non-hydrogen) atoms. The molecule has 9 nitrogen and oxygen atoms in total. The first-order chi connectivity index (χ1) is 18.8. The number of urea groups is 1. The normalized spacial score (nSPS) is 26.4. The highest BCUT2D eigenvalue weighted by molar-refractivity contribution is 7.92. The zero-order chi connectivity index (χ0) is 28.1. The van der Waals surface area contributed by atoms with Gasteiger partial charge in [0.2, 0.25) is 0 Å². The van der Waals surface area contributed by atoms with Gasteiger partial charge in [-0.2, -0.15) is 18.3 Å². The van der Waals surface area contributed by atoms with Crippen LogP contribution < -0.4 is 0 Å². The minimum atomic E-state index is -5.36. The van der Waals surface area contributed by atoms with Gasteiger partial charge in [0.1, 0.15) is 11.9 Å². The van der Waals surface area contributed by atoms with E-state index in [0.29, 0.717) is 43.7 Å². The van der Waals surface area contributed by atoms with Crippen molar-refractivity contribution in [3.05, 3.63) is 42.0 Å². The Bertz CT molecular complexity index is 1450. The molecular formula is C27H32F3N5O4S. The summed E-state index contributed by atoms with van der Waals surface area (Å²) >= 11 is 0. The van der Waals surface area contributed by atoms with Gasteiger partial charge in [-0.3, -0.25) is 0 Å². The van der Waals surface area contributed by atoms with Gasteiger partial charge >= 0.3 is 11.5 Å². The van der Waals surface area contributed by atoms with E-state index >= 15 is 0 Å². The first-order valence-corrected chi connectivity index (χ1v) is 15.4. The number of aromatic nitrogens is 3. The van der Waals surface area contributed by atoms with Crippen LogP contribution in [0.15, 0.2) is 35.5 Å². The van der Waals surface area contributed by atoms with Crippen molar-refractivity contribution in [2.45, 2.75) is 73.4 Å². The number of halogens is 3. The Morgan fingerprint density at radius 3 is 2.35 bits per heavy atom. The highest BCUT2D eigenvalue weighted by Gasteiger charge is 2.58. The maximum atomic E-state index is 13.1. The van der Waals surface area contributed by atoms with Crippen LogP contribution in [-0.4, -0.2) is 75.8 Å². The second-order valence-electron chi connectivity index (χ2n) is 13.0. The number of hydrogen-bond donors (Lipinski definition) is 1. The molecule has 1 atom stereocenters. The molecule has 0 bridgehead atoms. The second kappa shape index (κ2) is 8.43. The van der Waals surface area contributed by atoms with Gasteiger partial charge in [-0.1, -0.05) is 12.1 Å². The van der Waals surface area contributed by atoms with Crippen LogP contribution in [0.5, 0.6) is 0 Å². The fourth-order valence-electron chi connectivity index (χ4n) is 7.48. The maximum Gasteiger partial charge on any atom is 0.501 e. The number of rotatable bonds is 5. The van der Waals surface area contributed by atoms with Crippen molar-refractivity contribution < 1.29 is 31.5 Å². The molecule has 3 saturated carbocycles. The van der Waals surface area contributed by atoms with E-state index in [1.807, 2.05) is 14.5 Å². The summed E-state index contributed by atoms with van der Waals surface area (Å²) in [4.78, 5) is 20.5. The molecule has 0 unspecified atom stereocenters. The van der Waals surface area contributed by atoms with Crippen LogP contribution in [0.2, 0.25) is 0 Å². The molecule has 2 amide bonds. The Labute approximate surface area is 230 Å². The van der Waals surface area contributed by atoms with E-state index in [4.69, 9.17) is 0 Å². The average Bonchev–Trinajstić information content (AvgIpc) is 3.21. The molecule has 1 aromatic heterocycles. The van der Waals surface area contributed by atoms with E-state index in [1.165, 1.54) is 6.07 Å². The van der Waals surface area contributed by atoms with Gasteiger partial charge in [0, 0.05) is 37.0 Å². The molecule has 1 N–H and O–H groups in total. The zero-order valence-electron chi connectivity index (χ0n) is 22.0. The first-order valence-electron chi connectivity index (χ1n) is 13.9. The number of hydrogen-bond acceptors (Lipinski definition) is 6. The van der Waals surface area contributed by atoms with Gasteiger partial charge < -0.3 is 14.9 Å². The van der Waals surface area contributed by atoms with E-state index in [-0.39, 0.29) is 28.8 Å². The quantitative estimate of drug-likeness (QED) is 0.580. The van der Waals surface area contributed by atoms with Crippen molar-refractivity contribution >= 4 is 15.9 Å². The minimum Gasteiger partial charge on any atom is -0.382 e. The van der Waals surface area contributed by atoms with Crippen molar-refractivity contribution in [3.8, 4) is 0 Å². The summed E-state index contributed by atoms with van der Waals surface area (Å²) in [5.74, 6) is 0.765. The number of amides is 2. The number of carbonyl (C=O) groups excluding carboxylic acids is 1. The van der Waals surface area contributed by atoms with Crippen LogP contribution >= 0.6 is 0 Å². The predicted molar refractivity (Wildman–Crippen MR) is 136 cm³/mol. The first kappa shape index (κ1) is 26.2. The molecule has 2 aliphatic heterocycles. The topological polar surface area (TPSA) is 109 Å². The maximum absolute atomic E-state index is 13.1. The van der Waals surface area contributed by atoms with E-state index in [9.17, 15) is 31.5 Å². The van der Waals surface area contributed by atoms with Gasteiger partial charge in [-0.25, -0.2) is 22.9 Å². The summed E-state index contributed by atoms with van der Waals surface area (Å²) in [6, 6.07) is 5.53. The highest BCUT2D eigenvalue weighted by Crippen LogP contribution is 2.55. The SMILES string of the molecule is O=C(N1CC2(CC(n3cnc(C4(O)CC4)n3)C2)C1)N1CC2(CC[C@@H](Cc3cccc(S(=O)(=O)C(F)(F)F)c3)C2)C1. The van der Waals surface area contributed by atoms with Crippen molar-refractivity contribution in [1.29, 1.82) is 0 Å². The van der Waals surface area contributed by atoms with Gasteiger partial charge in [-0.05, 0) is 75.0 Å². The fraction of sp³-hybridized carbons (Fsp3) is 0.667. The lowest BCUT2D eigenvalue weighted by Gasteiger charge is -2.60. The van der Waals surface area contributed by atoms with Gasteiger partial charge in [0.25, 0.3) is 9.84 Å². The van der Waals surface area contributed by atoms with Crippen LogP contribution in [0.3, 0.4) is 0 Å². The highest BCUT2D eigenvalue weighted by atomic mass is 32.2. The third-order valence-corrected chi connectivity index (χ3v) is 11.3. The van der Waals surface area contributed by atoms with Crippen molar-refractivity contribution in [1.82, 2.24) is 24.6 Å². The molecule has 5 fully saturated rings. The fourth-order valence-corrected chi connectivity index (χ4v) is 8.31. The lowest BCUT2D eigenvalue weighted by atomic mass is 9.60. The Kier molecular flexibility index (Phi) is 5.53. The van der Waals surface area contributed by atoms with E-state index in [0.717, 1.165) is 57.3 Å². The Balaban J connectivity index is 0.878. The summed E-state index contributed by atoms with van der Waals surface area (Å²) < 4.78 is 64.3. The summed E-state index contributed by atoms with van der Waals surface area (Å²) in [6.45, 7) is 2.89. The zero-order valence-corrected chi connectivity index (χ0v) is 22.8. The van der Waals surface area contributed by atoms with Crippen molar-refractivity contribution in [2.75, 3.05) is 26.2 Å². The number of nitrogens with zero attached hydrogens (tertiary/aromatic N) is 5. The molecule has 2 saturated heterocycles. The standard InChI is InChI=1S/C27H32F3N5O4S/c28-27(29,30)40(38,39)21-3-1-2-18(9-21)8-19-4-5-24(10-19)13-33(14-24)23(36)34-15-25(16-34)11-20(12-25)35-17-31-22(32-35)26(37)6-7-26/h1-3,9,17,19-20,37H,4-8,10-16H2/t19-/m0/s1. The lowest BCUT2D eigenvalue weighted by molar-refractivity contribution is -0.0849. The number of carbonyl (C=O) groups is 1. The second-order valence-corrected chi connectivity index (χ2v) is 15.0. The van der Waals surface area contributed by atoms with Crippen LogP contribution in [0, 0.1) is 16.7 Å². The number of aliphatic hydroxyl groups is 1. The summed E-state index contributed by atoms with van der Waals surface area (Å²) in [7, 11) is -5.36. The molecule has 2 aromatic rings. The Hall–Kier alpha value is -2.67. The largest absolute Gasteiger partial charge is 0.501 e. The number of sulfone groups is 1. The van der Waals surface area contributed by atoms with E-state index < -0.39 is 25.8 Å². The number of benzene rings is 1. The molecule has 13 heteroatoms.